The lowest BCUT2D eigenvalue weighted by Gasteiger charge is -2.38. The zero-order valence-electron chi connectivity index (χ0n) is 12.2. The van der Waals surface area contributed by atoms with Crippen molar-refractivity contribution in [3.05, 3.63) is 0 Å². The van der Waals surface area contributed by atoms with Gasteiger partial charge in [-0.15, -0.1) is 0 Å². The third-order valence-corrected chi connectivity index (χ3v) is 5.50. The Balaban J connectivity index is 1.86. The van der Waals surface area contributed by atoms with Crippen LogP contribution < -0.4 is 5.73 Å². The standard InChI is InChI=1S/C13H26N2O4S/c1-20(16,17)15-6-2-4-12(8-15)9-19-13(10-14)5-3-7-18-11-13/h12H,2-11,14H2,1H3. The molecule has 0 saturated carbocycles. The number of piperidine rings is 1. The van der Waals surface area contributed by atoms with Gasteiger partial charge in [0.25, 0.3) is 0 Å². The Morgan fingerprint density at radius 2 is 2.25 bits per heavy atom. The molecule has 2 saturated heterocycles. The third-order valence-electron chi connectivity index (χ3n) is 4.23. The van der Waals surface area contributed by atoms with Crippen LogP contribution in [-0.4, -0.2) is 64.0 Å². The van der Waals surface area contributed by atoms with E-state index in [-0.39, 0.29) is 11.5 Å². The van der Waals surface area contributed by atoms with Crippen molar-refractivity contribution < 1.29 is 17.9 Å². The van der Waals surface area contributed by atoms with Gasteiger partial charge in [0.15, 0.2) is 0 Å². The molecule has 118 valence electrons. The second kappa shape index (κ2) is 6.70. The molecule has 20 heavy (non-hydrogen) atoms. The average Bonchev–Trinajstić information content (AvgIpc) is 2.46. The molecule has 6 nitrogen and oxygen atoms in total. The fourth-order valence-corrected chi connectivity index (χ4v) is 3.86. The van der Waals surface area contributed by atoms with Crippen molar-refractivity contribution in [2.75, 3.05) is 45.7 Å². The molecule has 2 aliphatic heterocycles. The highest BCUT2D eigenvalue weighted by Crippen LogP contribution is 2.26. The summed E-state index contributed by atoms with van der Waals surface area (Å²) in [6.45, 7) is 3.52. The molecule has 2 rings (SSSR count). The summed E-state index contributed by atoms with van der Waals surface area (Å²) in [4.78, 5) is 0. The van der Waals surface area contributed by atoms with Crippen LogP contribution in [0.15, 0.2) is 0 Å². The number of hydrogen-bond acceptors (Lipinski definition) is 5. The molecule has 2 atom stereocenters. The molecule has 2 fully saturated rings. The molecule has 7 heteroatoms. The molecule has 0 aromatic heterocycles. The Kier molecular flexibility index (Phi) is 5.42. The van der Waals surface area contributed by atoms with E-state index in [0.29, 0.717) is 32.8 Å². The Bertz CT molecular complexity index is 407. The topological polar surface area (TPSA) is 81.9 Å². The number of nitrogens with two attached hydrogens (primary N) is 1. The summed E-state index contributed by atoms with van der Waals surface area (Å²) in [5.74, 6) is 0.254. The van der Waals surface area contributed by atoms with E-state index in [1.807, 2.05) is 0 Å². The lowest BCUT2D eigenvalue weighted by atomic mass is 9.95. The normalized spacial score (nSPS) is 33.2. The second-order valence-corrected chi connectivity index (χ2v) is 7.97. The lowest BCUT2D eigenvalue weighted by molar-refractivity contribution is -0.133. The Morgan fingerprint density at radius 1 is 1.45 bits per heavy atom. The van der Waals surface area contributed by atoms with Crippen molar-refractivity contribution in [2.24, 2.45) is 11.7 Å². The molecule has 0 radical (unpaired) electrons. The van der Waals surface area contributed by atoms with Gasteiger partial charge in [-0.1, -0.05) is 0 Å². The zero-order chi connectivity index (χ0) is 14.6. The van der Waals surface area contributed by atoms with Crippen molar-refractivity contribution in [2.45, 2.75) is 31.3 Å². The molecule has 0 aromatic rings. The number of nitrogens with zero attached hydrogens (tertiary/aromatic N) is 1. The summed E-state index contributed by atoms with van der Waals surface area (Å²) in [5, 5.41) is 0. The smallest absolute Gasteiger partial charge is 0.211 e. The summed E-state index contributed by atoms with van der Waals surface area (Å²) in [6.07, 6.45) is 5.07. The van der Waals surface area contributed by atoms with E-state index in [0.717, 1.165) is 32.3 Å². The predicted octanol–water partition coefficient (Wildman–Crippen LogP) is 0.183. The van der Waals surface area contributed by atoms with Crippen LogP contribution in [0, 0.1) is 5.92 Å². The summed E-state index contributed by atoms with van der Waals surface area (Å²) < 4.78 is 36.3. The first-order valence-electron chi connectivity index (χ1n) is 7.32. The number of hydrogen-bond donors (Lipinski definition) is 1. The van der Waals surface area contributed by atoms with Crippen LogP contribution in [-0.2, 0) is 19.5 Å². The molecule has 2 heterocycles. The van der Waals surface area contributed by atoms with E-state index in [2.05, 4.69) is 0 Å². The van der Waals surface area contributed by atoms with Crippen LogP contribution in [0.2, 0.25) is 0 Å². The maximum atomic E-state index is 11.6. The van der Waals surface area contributed by atoms with E-state index in [1.165, 1.54) is 6.26 Å². The molecular formula is C13H26N2O4S. The van der Waals surface area contributed by atoms with Crippen LogP contribution in [0.1, 0.15) is 25.7 Å². The Hall–Kier alpha value is -0.210. The Labute approximate surface area is 121 Å². The highest BCUT2D eigenvalue weighted by Gasteiger charge is 2.34. The van der Waals surface area contributed by atoms with Gasteiger partial charge in [-0.05, 0) is 31.6 Å². The molecule has 0 spiro atoms. The Morgan fingerprint density at radius 3 is 2.85 bits per heavy atom. The minimum atomic E-state index is -3.09. The second-order valence-electron chi connectivity index (χ2n) is 5.98. The van der Waals surface area contributed by atoms with Crippen LogP contribution in [0.5, 0.6) is 0 Å². The first-order chi connectivity index (χ1) is 9.45. The maximum Gasteiger partial charge on any atom is 0.211 e. The molecular weight excluding hydrogens is 280 g/mol. The van der Waals surface area contributed by atoms with Crippen molar-refractivity contribution in [1.82, 2.24) is 4.31 Å². The van der Waals surface area contributed by atoms with Gasteiger partial charge >= 0.3 is 0 Å². The van der Waals surface area contributed by atoms with E-state index < -0.39 is 10.0 Å². The minimum Gasteiger partial charge on any atom is -0.378 e. The molecule has 2 unspecified atom stereocenters. The molecule has 0 aromatic carbocycles. The SMILES string of the molecule is CS(=O)(=O)N1CCCC(COC2(CN)CCCOC2)C1. The summed E-state index contributed by atoms with van der Waals surface area (Å²) >= 11 is 0. The molecule has 2 aliphatic rings. The van der Waals surface area contributed by atoms with Gasteiger partial charge in [-0.3, -0.25) is 0 Å². The zero-order valence-corrected chi connectivity index (χ0v) is 13.0. The van der Waals surface area contributed by atoms with Crippen molar-refractivity contribution >= 4 is 10.0 Å². The minimum absolute atomic E-state index is 0.254. The van der Waals surface area contributed by atoms with Crippen LogP contribution in [0.25, 0.3) is 0 Å². The maximum absolute atomic E-state index is 11.6. The molecule has 0 aliphatic carbocycles. The average molecular weight is 306 g/mol. The van der Waals surface area contributed by atoms with E-state index in [9.17, 15) is 8.42 Å². The fraction of sp³-hybridized carbons (Fsp3) is 1.00. The van der Waals surface area contributed by atoms with E-state index in [1.54, 1.807) is 4.31 Å². The summed E-state index contributed by atoms with van der Waals surface area (Å²) in [7, 11) is -3.09. The highest BCUT2D eigenvalue weighted by atomic mass is 32.2. The quantitative estimate of drug-likeness (QED) is 0.784. The summed E-state index contributed by atoms with van der Waals surface area (Å²) in [6, 6.07) is 0. The highest BCUT2D eigenvalue weighted by molar-refractivity contribution is 7.88. The van der Waals surface area contributed by atoms with Gasteiger partial charge in [-0.25, -0.2) is 12.7 Å². The van der Waals surface area contributed by atoms with Crippen molar-refractivity contribution in [3.8, 4) is 0 Å². The molecule has 2 N–H and O–H groups in total. The van der Waals surface area contributed by atoms with Gasteiger partial charge in [0.2, 0.25) is 10.0 Å². The van der Waals surface area contributed by atoms with Crippen LogP contribution >= 0.6 is 0 Å². The van der Waals surface area contributed by atoms with Crippen LogP contribution in [0.3, 0.4) is 0 Å². The number of rotatable bonds is 5. The van der Waals surface area contributed by atoms with E-state index >= 15 is 0 Å². The molecule has 0 bridgehead atoms. The van der Waals surface area contributed by atoms with Gasteiger partial charge in [0.05, 0.1) is 19.5 Å². The number of ether oxygens (including phenoxy) is 2. The van der Waals surface area contributed by atoms with Crippen molar-refractivity contribution in [1.29, 1.82) is 0 Å². The van der Waals surface area contributed by atoms with Gasteiger partial charge < -0.3 is 15.2 Å². The van der Waals surface area contributed by atoms with Gasteiger partial charge in [0.1, 0.15) is 5.60 Å². The predicted molar refractivity (Wildman–Crippen MR) is 76.9 cm³/mol. The lowest BCUT2D eigenvalue weighted by Crippen LogP contribution is -2.49. The van der Waals surface area contributed by atoms with Gasteiger partial charge in [0, 0.05) is 26.2 Å². The number of sulfonamides is 1. The first kappa shape index (κ1) is 16.2. The van der Waals surface area contributed by atoms with E-state index in [4.69, 9.17) is 15.2 Å². The largest absolute Gasteiger partial charge is 0.378 e. The summed E-state index contributed by atoms with van der Waals surface area (Å²) in [5.41, 5.74) is 5.47. The van der Waals surface area contributed by atoms with Gasteiger partial charge in [-0.2, -0.15) is 0 Å². The first-order valence-corrected chi connectivity index (χ1v) is 9.17. The fourth-order valence-electron chi connectivity index (χ4n) is 2.92. The van der Waals surface area contributed by atoms with Crippen molar-refractivity contribution in [3.63, 3.8) is 0 Å². The van der Waals surface area contributed by atoms with Crippen LogP contribution in [0.4, 0.5) is 0 Å². The molecule has 0 amide bonds. The monoisotopic (exact) mass is 306 g/mol. The third kappa shape index (κ3) is 4.14.